The van der Waals surface area contributed by atoms with Crippen molar-refractivity contribution in [2.75, 3.05) is 11.9 Å². The molecule has 0 aliphatic heterocycles. The molecule has 1 N–H and O–H groups in total. The predicted octanol–water partition coefficient (Wildman–Crippen LogP) is 6.61. The molecule has 0 saturated heterocycles. The van der Waals surface area contributed by atoms with Gasteiger partial charge in [0.2, 0.25) is 0 Å². The molecule has 0 radical (unpaired) electrons. The van der Waals surface area contributed by atoms with Gasteiger partial charge in [0.05, 0.1) is 6.61 Å². The van der Waals surface area contributed by atoms with Crippen LogP contribution in [0.1, 0.15) is 50.2 Å². The molecule has 130 valence electrons. The largest absolute Gasteiger partial charge is 0.494 e. The lowest BCUT2D eigenvalue weighted by Gasteiger charge is -2.10. The van der Waals surface area contributed by atoms with Crippen molar-refractivity contribution in [3.63, 3.8) is 0 Å². The van der Waals surface area contributed by atoms with E-state index in [9.17, 15) is 0 Å². The number of aryl methyl sites for hydroxylation is 1. The minimum absolute atomic E-state index is 0.774. The number of ether oxygens (including phenoxy) is 1. The Labute approximate surface area is 151 Å². The van der Waals surface area contributed by atoms with Crippen LogP contribution in [0.25, 0.3) is 0 Å². The Hall–Kier alpha value is -1.67. The van der Waals surface area contributed by atoms with Gasteiger partial charge in [0.25, 0.3) is 0 Å². The Morgan fingerprint density at radius 1 is 0.958 bits per heavy atom. The van der Waals surface area contributed by atoms with E-state index in [0.29, 0.717) is 0 Å². The SMILES string of the molecule is CCCCCCCOc1ccc(CNc2ccc(C)c(Cl)c2)cc1. The van der Waals surface area contributed by atoms with Crippen molar-refractivity contribution < 1.29 is 4.74 Å². The fourth-order valence-electron chi connectivity index (χ4n) is 2.51. The van der Waals surface area contributed by atoms with E-state index >= 15 is 0 Å². The molecule has 2 rings (SSSR count). The maximum absolute atomic E-state index is 6.15. The number of anilines is 1. The topological polar surface area (TPSA) is 21.3 Å². The zero-order valence-corrected chi connectivity index (χ0v) is 15.5. The zero-order chi connectivity index (χ0) is 17.2. The summed E-state index contributed by atoms with van der Waals surface area (Å²) in [6, 6.07) is 14.4. The first-order valence-electron chi connectivity index (χ1n) is 8.91. The van der Waals surface area contributed by atoms with Gasteiger partial charge in [-0.2, -0.15) is 0 Å². The molecule has 0 bridgehead atoms. The third-order valence-electron chi connectivity index (χ3n) is 4.11. The number of unbranched alkanes of at least 4 members (excludes halogenated alkanes) is 4. The molecule has 2 nitrogen and oxygen atoms in total. The number of hydrogen-bond donors (Lipinski definition) is 1. The van der Waals surface area contributed by atoms with Crippen molar-refractivity contribution >= 4 is 17.3 Å². The fraction of sp³-hybridized carbons (Fsp3) is 0.429. The number of halogens is 1. The highest BCUT2D eigenvalue weighted by molar-refractivity contribution is 6.31. The zero-order valence-electron chi connectivity index (χ0n) is 14.8. The molecule has 0 unspecified atom stereocenters. The Morgan fingerprint density at radius 3 is 2.42 bits per heavy atom. The highest BCUT2D eigenvalue weighted by atomic mass is 35.5. The quantitative estimate of drug-likeness (QED) is 0.489. The molecule has 24 heavy (non-hydrogen) atoms. The van der Waals surface area contributed by atoms with Gasteiger partial charge in [-0.05, 0) is 48.7 Å². The minimum atomic E-state index is 0.774. The van der Waals surface area contributed by atoms with Crippen molar-refractivity contribution in [1.29, 1.82) is 0 Å². The maximum Gasteiger partial charge on any atom is 0.119 e. The molecule has 3 heteroatoms. The average Bonchev–Trinajstić information content (AvgIpc) is 2.60. The Kier molecular flexibility index (Phi) is 7.97. The molecule has 2 aromatic rings. The number of benzene rings is 2. The van der Waals surface area contributed by atoms with E-state index in [-0.39, 0.29) is 0 Å². The Balaban J connectivity index is 1.72. The highest BCUT2D eigenvalue weighted by Gasteiger charge is 1.99. The molecule has 0 aromatic heterocycles. The number of hydrogen-bond acceptors (Lipinski definition) is 2. The van der Waals surface area contributed by atoms with Crippen molar-refractivity contribution in [2.24, 2.45) is 0 Å². The lowest BCUT2D eigenvalue weighted by atomic mass is 10.2. The van der Waals surface area contributed by atoms with Gasteiger partial charge in [-0.3, -0.25) is 0 Å². The second kappa shape index (κ2) is 10.2. The maximum atomic E-state index is 6.15. The monoisotopic (exact) mass is 345 g/mol. The van der Waals surface area contributed by atoms with Crippen LogP contribution >= 0.6 is 11.6 Å². The van der Waals surface area contributed by atoms with Crippen LogP contribution < -0.4 is 10.1 Å². The standard InChI is InChI=1S/C21H28ClNO/c1-3-4-5-6-7-14-24-20-12-9-18(10-13-20)16-23-19-11-8-17(2)21(22)15-19/h8-13,15,23H,3-7,14,16H2,1-2H3. The lowest BCUT2D eigenvalue weighted by molar-refractivity contribution is 0.304. The highest BCUT2D eigenvalue weighted by Crippen LogP contribution is 2.21. The number of nitrogens with one attached hydrogen (secondary N) is 1. The van der Waals surface area contributed by atoms with E-state index in [1.54, 1.807) is 0 Å². The summed E-state index contributed by atoms with van der Waals surface area (Å²) in [5, 5.41) is 4.19. The number of rotatable bonds is 10. The van der Waals surface area contributed by atoms with Gasteiger partial charge in [0, 0.05) is 17.3 Å². The average molecular weight is 346 g/mol. The summed E-state index contributed by atoms with van der Waals surface area (Å²) in [4.78, 5) is 0. The fourth-order valence-corrected chi connectivity index (χ4v) is 2.69. The summed E-state index contributed by atoms with van der Waals surface area (Å²) < 4.78 is 5.80. The summed E-state index contributed by atoms with van der Waals surface area (Å²) in [7, 11) is 0. The molecule has 0 fully saturated rings. The molecular weight excluding hydrogens is 318 g/mol. The van der Waals surface area contributed by atoms with Crippen LogP contribution in [0.3, 0.4) is 0 Å². The lowest BCUT2D eigenvalue weighted by Crippen LogP contribution is -2.00. The summed E-state index contributed by atoms with van der Waals surface area (Å²) in [6.45, 7) is 5.83. The minimum Gasteiger partial charge on any atom is -0.494 e. The van der Waals surface area contributed by atoms with E-state index in [0.717, 1.165) is 41.6 Å². The van der Waals surface area contributed by atoms with Crippen LogP contribution in [0.5, 0.6) is 5.75 Å². The molecule has 0 atom stereocenters. The molecule has 0 saturated carbocycles. The van der Waals surface area contributed by atoms with Gasteiger partial charge in [-0.1, -0.05) is 62.4 Å². The molecule has 2 aromatic carbocycles. The van der Waals surface area contributed by atoms with Crippen LogP contribution in [0.15, 0.2) is 42.5 Å². The van der Waals surface area contributed by atoms with Crippen molar-refractivity contribution in [3.05, 3.63) is 58.6 Å². The van der Waals surface area contributed by atoms with Gasteiger partial charge in [0.1, 0.15) is 5.75 Å². The summed E-state index contributed by atoms with van der Waals surface area (Å²) in [5.41, 5.74) is 3.36. The van der Waals surface area contributed by atoms with Crippen LogP contribution in [0, 0.1) is 6.92 Å². The van der Waals surface area contributed by atoms with E-state index < -0.39 is 0 Å². The van der Waals surface area contributed by atoms with Gasteiger partial charge >= 0.3 is 0 Å². The van der Waals surface area contributed by atoms with Gasteiger partial charge < -0.3 is 10.1 Å². The molecular formula is C21H28ClNO. The Bertz CT molecular complexity index is 610. The first-order valence-corrected chi connectivity index (χ1v) is 9.28. The van der Waals surface area contributed by atoms with Gasteiger partial charge in [0.15, 0.2) is 0 Å². The van der Waals surface area contributed by atoms with Crippen molar-refractivity contribution in [2.45, 2.75) is 52.5 Å². The molecule has 0 heterocycles. The first kappa shape index (κ1) is 18.7. The van der Waals surface area contributed by atoms with E-state index in [4.69, 9.17) is 16.3 Å². The molecule has 0 aliphatic carbocycles. The van der Waals surface area contributed by atoms with E-state index in [1.807, 2.05) is 31.2 Å². The van der Waals surface area contributed by atoms with Crippen LogP contribution in [0.2, 0.25) is 5.02 Å². The summed E-state index contributed by atoms with van der Waals surface area (Å²) in [6.07, 6.45) is 6.32. The summed E-state index contributed by atoms with van der Waals surface area (Å²) in [5.74, 6) is 0.952. The van der Waals surface area contributed by atoms with E-state index in [2.05, 4.69) is 30.4 Å². The predicted molar refractivity (Wildman–Crippen MR) is 104 cm³/mol. The molecule has 0 spiro atoms. The third-order valence-corrected chi connectivity index (χ3v) is 4.52. The van der Waals surface area contributed by atoms with Crippen LogP contribution in [-0.4, -0.2) is 6.61 Å². The van der Waals surface area contributed by atoms with Gasteiger partial charge in [-0.15, -0.1) is 0 Å². The van der Waals surface area contributed by atoms with Crippen molar-refractivity contribution in [1.82, 2.24) is 0 Å². The second-order valence-corrected chi connectivity index (χ2v) is 6.63. The van der Waals surface area contributed by atoms with E-state index in [1.165, 1.54) is 31.2 Å². The third kappa shape index (κ3) is 6.45. The van der Waals surface area contributed by atoms with Crippen molar-refractivity contribution in [3.8, 4) is 5.75 Å². The smallest absolute Gasteiger partial charge is 0.119 e. The van der Waals surface area contributed by atoms with Gasteiger partial charge in [-0.25, -0.2) is 0 Å². The summed E-state index contributed by atoms with van der Waals surface area (Å²) >= 11 is 6.15. The molecule has 0 amide bonds. The molecule has 0 aliphatic rings. The van der Waals surface area contributed by atoms with Crippen LogP contribution in [0.4, 0.5) is 5.69 Å². The first-order chi connectivity index (χ1) is 11.7. The van der Waals surface area contributed by atoms with Crippen LogP contribution in [-0.2, 0) is 6.54 Å². The normalized spacial score (nSPS) is 10.6. The second-order valence-electron chi connectivity index (χ2n) is 6.22. The Morgan fingerprint density at radius 2 is 1.71 bits per heavy atom.